The van der Waals surface area contributed by atoms with Crippen LogP contribution in [0.15, 0.2) is 156 Å². The molecule has 1 aliphatic rings. The monoisotopic (exact) mass is 558 g/mol. The zero-order valence-corrected chi connectivity index (χ0v) is 24.1. The van der Waals surface area contributed by atoms with Crippen molar-refractivity contribution in [2.75, 3.05) is 23.9 Å². The number of hydrogen-bond acceptors (Lipinski definition) is 5. The number of nitrogens with zero attached hydrogens (tertiary/aromatic N) is 4. The van der Waals surface area contributed by atoms with Crippen LogP contribution in [-0.4, -0.2) is 14.1 Å². The summed E-state index contributed by atoms with van der Waals surface area (Å²) in [7, 11) is 4.00. The molecular weight excluding hydrogens is 528 g/mol. The van der Waals surface area contributed by atoms with Crippen molar-refractivity contribution in [1.82, 2.24) is 0 Å². The Bertz CT molecular complexity index is 1740. The number of para-hydroxylation sites is 2. The van der Waals surface area contributed by atoms with Crippen LogP contribution in [0.25, 0.3) is 12.2 Å². The van der Waals surface area contributed by atoms with E-state index >= 15 is 0 Å². The van der Waals surface area contributed by atoms with Gasteiger partial charge in [-0.3, -0.25) is 0 Å². The van der Waals surface area contributed by atoms with Gasteiger partial charge in [0.25, 0.3) is 0 Å². The van der Waals surface area contributed by atoms with Crippen molar-refractivity contribution in [3.63, 3.8) is 0 Å². The lowest BCUT2D eigenvalue weighted by molar-refractivity contribution is 0.332. The first-order valence-electron chi connectivity index (χ1n) is 13.8. The minimum atomic E-state index is 0.0294. The molecule has 43 heavy (non-hydrogen) atoms. The van der Waals surface area contributed by atoms with E-state index in [-0.39, 0.29) is 5.57 Å². The fourth-order valence-electron chi connectivity index (χ4n) is 4.58. The Balaban J connectivity index is 1.38. The number of allylic oxidation sites excluding steroid dienone is 6. The largest absolute Gasteiger partial charge is 0.457 e. The number of anilines is 4. The minimum Gasteiger partial charge on any atom is -0.457 e. The van der Waals surface area contributed by atoms with Crippen LogP contribution >= 0.6 is 0 Å². The van der Waals surface area contributed by atoms with Gasteiger partial charge < -0.3 is 14.5 Å². The molecule has 1 heterocycles. The molecular formula is C38H30N4O. The Labute approximate surface area is 253 Å². The number of ether oxygens (including phenoxy) is 1. The first-order valence-corrected chi connectivity index (χ1v) is 13.8. The molecule has 0 bridgehead atoms. The van der Waals surface area contributed by atoms with E-state index in [1.165, 1.54) is 0 Å². The summed E-state index contributed by atoms with van der Waals surface area (Å²) in [5.74, 6) is 1.07. The first-order chi connectivity index (χ1) is 21.0. The van der Waals surface area contributed by atoms with Gasteiger partial charge in [-0.15, -0.1) is 0 Å². The van der Waals surface area contributed by atoms with Crippen LogP contribution in [0.1, 0.15) is 11.1 Å². The van der Waals surface area contributed by atoms with Crippen LogP contribution in [0.3, 0.4) is 0 Å². The van der Waals surface area contributed by atoms with Crippen molar-refractivity contribution >= 4 is 34.9 Å². The molecule has 4 aromatic carbocycles. The van der Waals surface area contributed by atoms with Gasteiger partial charge in [0.05, 0.1) is 0 Å². The third kappa shape index (κ3) is 7.19. The highest BCUT2D eigenvalue weighted by Crippen LogP contribution is 2.34. The molecule has 0 unspecified atom stereocenters. The molecule has 0 aromatic heterocycles. The Morgan fingerprint density at radius 3 is 1.40 bits per heavy atom. The maximum Gasteiger partial charge on any atom is 0.137 e. The van der Waals surface area contributed by atoms with Gasteiger partial charge in [-0.05, 0) is 84.0 Å². The number of nitriles is 2. The predicted octanol–water partition coefficient (Wildman–Crippen LogP) is 9.09. The Hall–Kier alpha value is -6.04. The van der Waals surface area contributed by atoms with Gasteiger partial charge in [-0.1, -0.05) is 72.8 Å². The van der Waals surface area contributed by atoms with Crippen LogP contribution in [0, 0.1) is 22.7 Å². The molecule has 0 atom stereocenters. The predicted molar refractivity (Wildman–Crippen MR) is 175 cm³/mol. The van der Waals surface area contributed by atoms with Crippen molar-refractivity contribution in [3.05, 3.63) is 167 Å². The van der Waals surface area contributed by atoms with Crippen molar-refractivity contribution in [1.29, 1.82) is 10.5 Å². The summed E-state index contributed by atoms with van der Waals surface area (Å²) in [6.07, 6.45) is 11.0. The molecule has 0 N–H and O–H groups in total. The second-order valence-electron chi connectivity index (χ2n) is 10.0. The van der Waals surface area contributed by atoms with Crippen LogP contribution < -0.4 is 9.80 Å². The molecule has 208 valence electrons. The maximum absolute atomic E-state index is 9.50. The molecule has 0 saturated carbocycles. The molecule has 1 aliphatic heterocycles. The molecule has 4 aromatic rings. The fraction of sp³-hybridized carbons (Fsp3) is 0.0526. The fourth-order valence-corrected chi connectivity index (χ4v) is 4.58. The Kier molecular flexibility index (Phi) is 8.97. The number of benzene rings is 4. The van der Waals surface area contributed by atoms with Gasteiger partial charge in [-0.25, -0.2) is 0 Å². The first kappa shape index (κ1) is 28.5. The van der Waals surface area contributed by atoms with Crippen LogP contribution in [0.5, 0.6) is 0 Å². The quantitative estimate of drug-likeness (QED) is 0.202. The zero-order valence-electron chi connectivity index (χ0n) is 24.1. The summed E-state index contributed by atoms with van der Waals surface area (Å²) < 4.78 is 6.12. The lowest BCUT2D eigenvalue weighted by Gasteiger charge is -2.25. The van der Waals surface area contributed by atoms with E-state index in [1.54, 1.807) is 12.2 Å². The standard InChI is InChI=1S/C38H30N4O/c1-41(2)33-19-13-29(14-20-33)17-23-37-25-31(32(27-39)28-40)26-38(43-37)24-18-30-15-21-36(22-16-30)42(34-9-5-3-6-10-34)35-11-7-4-8-12-35/h3-26H,1-2H3/b23-17+,24-18+. The van der Waals surface area contributed by atoms with Crippen molar-refractivity contribution in [2.45, 2.75) is 0 Å². The molecule has 0 radical (unpaired) electrons. The Morgan fingerprint density at radius 2 is 0.977 bits per heavy atom. The van der Waals surface area contributed by atoms with E-state index < -0.39 is 0 Å². The highest BCUT2D eigenvalue weighted by molar-refractivity contribution is 5.77. The van der Waals surface area contributed by atoms with Gasteiger partial charge in [-0.2, -0.15) is 10.5 Å². The highest BCUT2D eigenvalue weighted by Gasteiger charge is 2.13. The molecule has 0 fully saturated rings. The summed E-state index contributed by atoms with van der Waals surface area (Å²) in [5.41, 5.74) is 6.82. The molecule has 0 amide bonds. The van der Waals surface area contributed by atoms with E-state index in [1.807, 2.05) is 116 Å². The van der Waals surface area contributed by atoms with Gasteiger partial charge >= 0.3 is 0 Å². The van der Waals surface area contributed by atoms with Crippen molar-refractivity contribution in [2.24, 2.45) is 0 Å². The van der Waals surface area contributed by atoms with E-state index in [0.717, 1.165) is 33.9 Å². The second-order valence-corrected chi connectivity index (χ2v) is 10.0. The smallest absolute Gasteiger partial charge is 0.137 e. The third-order valence-electron chi connectivity index (χ3n) is 6.81. The molecule has 0 aliphatic carbocycles. The molecule has 5 rings (SSSR count). The highest BCUT2D eigenvalue weighted by atomic mass is 16.5. The van der Waals surface area contributed by atoms with Gasteiger partial charge in [0.1, 0.15) is 29.2 Å². The van der Waals surface area contributed by atoms with E-state index in [0.29, 0.717) is 17.1 Å². The normalized spacial score (nSPS) is 12.6. The molecule has 0 spiro atoms. The molecule has 0 saturated heterocycles. The summed E-state index contributed by atoms with van der Waals surface area (Å²) in [5, 5.41) is 19.0. The zero-order chi connectivity index (χ0) is 30.0. The van der Waals surface area contributed by atoms with E-state index in [9.17, 15) is 10.5 Å². The molecule has 5 heteroatoms. The van der Waals surface area contributed by atoms with E-state index in [4.69, 9.17) is 4.74 Å². The summed E-state index contributed by atoms with van der Waals surface area (Å²) in [4.78, 5) is 4.25. The van der Waals surface area contributed by atoms with Crippen LogP contribution in [0.4, 0.5) is 22.7 Å². The maximum atomic E-state index is 9.50. The topological polar surface area (TPSA) is 63.3 Å². The van der Waals surface area contributed by atoms with Gasteiger partial charge in [0.2, 0.25) is 0 Å². The van der Waals surface area contributed by atoms with Gasteiger partial charge in [0, 0.05) is 42.4 Å². The van der Waals surface area contributed by atoms with Crippen molar-refractivity contribution in [3.8, 4) is 12.1 Å². The SMILES string of the molecule is CN(C)c1ccc(/C=C/C2=CC(=C(C#N)C#N)C=C(/C=C/c3ccc(N(c4ccccc4)c4ccccc4)cc3)O2)cc1. The lowest BCUT2D eigenvalue weighted by Crippen LogP contribution is -2.09. The lowest BCUT2D eigenvalue weighted by atomic mass is 10.0. The summed E-state index contributed by atoms with van der Waals surface area (Å²) in [6.45, 7) is 0. The number of rotatable bonds is 8. The number of hydrogen-bond donors (Lipinski definition) is 0. The third-order valence-corrected chi connectivity index (χ3v) is 6.81. The average Bonchev–Trinajstić information content (AvgIpc) is 3.05. The van der Waals surface area contributed by atoms with Crippen molar-refractivity contribution < 1.29 is 4.74 Å². The van der Waals surface area contributed by atoms with Crippen LogP contribution in [0.2, 0.25) is 0 Å². The molecule has 5 nitrogen and oxygen atoms in total. The van der Waals surface area contributed by atoms with Gasteiger partial charge in [0.15, 0.2) is 0 Å². The average molecular weight is 559 g/mol. The second kappa shape index (κ2) is 13.5. The minimum absolute atomic E-state index is 0.0294. The Morgan fingerprint density at radius 1 is 0.558 bits per heavy atom. The summed E-state index contributed by atoms with van der Waals surface area (Å²) >= 11 is 0. The van der Waals surface area contributed by atoms with E-state index in [2.05, 4.69) is 53.4 Å². The van der Waals surface area contributed by atoms with Crippen LogP contribution in [-0.2, 0) is 4.74 Å². The summed E-state index contributed by atoms with van der Waals surface area (Å²) in [6, 6.07) is 40.9.